The monoisotopic (exact) mass is 522 g/mol. The molecule has 3 heterocycles. The second-order valence-corrected chi connectivity index (χ2v) is 11.1. The maximum atomic E-state index is 11.8. The second kappa shape index (κ2) is 9.88. The van der Waals surface area contributed by atoms with Crippen molar-refractivity contribution in [1.29, 1.82) is 0 Å². The van der Waals surface area contributed by atoms with E-state index in [1.807, 2.05) is 0 Å². The van der Waals surface area contributed by atoms with Gasteiger partial charge in [-0.1, -0.05) is 18.1 Å². The molecule has 1 saturated carbocycles. The molecule has 4 rings (SSSR count). The molecular weight excluding hydrogens is 495 g/mol. The summed E-state index contributed by atoms with van der Waals surface area (Å²) in [5, 5.41) is 39.6. The Morgan fingerprint density at radius 2 is 1.97 bits per heavy atom. The van der Waals surface area contributed by atoms with Crippen LogP contribution in [0.15, 0.2) is 0 Å². The number of fused-ring (bicyclic) bond motifs is 1. The van der Waals surface area contributed by atoms with Crippen molar-refractivity contribution in [2.45, 2.75) is 75.0 Å². The number of nitrogens with one attached hydrogen (secondary N) is 1. The van der Waals surface area contributed by atoms with Crippen molar-refractivity contribution in [1.82, 2.24) is 25.0 Å². The molecule has 34 heavy (non-hydrogen) atoms. The zero-order valence-electron chi connectivity index (χ0n) is 18.4. The molecule has 0 aromatic carbocycles. The topological polar surface area (TPSA) is 205 Å². The number of hydrogen-bond acceptors (Lipinski definition) is 11. The number of halogens is 1. The molecule has 1 aliphatic carbocycles. The Balaban J connectivity index is 1.55. The van der Waals surface area contributed by atoms with Gasteiger partial charge in [0.15, 0.2) is 28.6 Å². The van der Waals surface area contributed by atoms with Crippen LogP contribution in [0.1, 0.15) is 45.3 Å². The van der Waals surface area contributed by atoms with Gasteiger partial charge < -0.3 is 39.9 Å². The van der Waals surface area contributed by atoms with Crippen molar-refractivity contribution in [3.63, 3.8) is 0 Å². The highest BCUT2D eigenvalue weighted by Gasteiger charge is 2.48. The van der Waals surface area contributed by atoms with E-state index in [-0.39, 0.29) is 23.4 Å². The van der Waals surface area contributed by atoms with Crippen molar-refractivity contribution in [3.8, 4) is 0 Å². The van der Waals surface area contributed by atoms with Crippen LogP contribution >= 0.6 is 19.2 Å². The lowest BCUT2D eigenvalue weighted by atomic mass is 10.1. The lowest BCUT2D eigenvalue weighted by Crippen LogP contribution is -2.38. The minimum atomic E-state index is -4.76. The van der Waals surface area contributed by atoms with Gasteiger partial charge >= 0.3 is 7.60 Å². The molecule has 14 nitrogen and oxygen atoms in total. The molecule has 0 spiro atoms. The first kappa shape index (κ1) is 25.6. The summed E-state index contributed by atoms with van der Waals surface area (Å²) < 4.78 is 24.1. The fourth-order valence-corrected chi connectivity index (χ4v) is 4.98. The van der Waals surface area contributed by atoms with Gasteiger partial charge in [-0.15, -0.1) is 5.10 Å². The maximum absolute atomic E-state index is 11.8. The van der Waals surface area contributed by atoms with Crippen LogP contribution in [0.5, 0.6) is 0 Å². The van der Waals surface area contributed by atoms with Gasteiger partial charge in [0.1, 0.15) is 18.3 Å². The van der Waals surface area contributed by atoms with E-state index in [2.05, 4.69) is 25.6 Å². The van der Waals surface area contributed by atoms with Crippen molar-refractivity contribution >= 4 is 36.2 Å². The van der Waals surface area contributed by atoms with E-state index in [1.54, 1.807) is 0 Å². The summed E-state index contributed by atoms with van der Waals surface area (Å²) in [6.45, 7) is 0.165. The molecule has 6 N–H and O–H groups in total. The van der Waals surface area contributed by atoms with Crippen LogP contribution in [0.4, 0.5) is 5.82 Å². The van der Waals surface area contributed by atoms with Crippen LogP contribution in [0.25, 0.3) is 11.2 Å². The highest BCUT2D eigenvalue weighted by Crippen LogP contribution is 2.53. The molecule has 0 bridgehead atoms. The summed E-state index contributed by atoms with van der Waals surface area (Å²) in [4.78, 5) is 27.6. The van der Waals surface area contributed by atoms with Crippen molar-refractivity contribution in [2.75, 3.05) is 18.5 Å². The fraction of sp³-hybridized carbons (Fsp3) is 0.778. The molecule has 2 aliphatic rings. The van der Waals surface area contributed by atoms with Crippen molar-refractivity contribution in [2.24, 2.45) is 0 Å². The predicted octanol–water partition coefficient (Wildman–Crippen LogP) is 0.141. The van der Waals surface area contributed by atoms with Gasteiger partial charge in [0.25, 0.3) is 0 Å². The summed E-state index contributed by atoms with van der Waals surface area (Å²) in [7, 11) is -4.76. The number of aliphatic hydroxyl groups is 3. The minimum Gasteiger partial charge on any atom is -0.396 e. The molecular formula is C18H28ClN6O8P. The maximum Gasteiger partial charge on any atom is 0.356 e. The Bertz CT molecular complexity index is 1060. The highest BCUT2D eigenvalue weighted by molar-refractivity contribution is 7.53. The van der Waals surface area contributed by atoms with Crippen LogP contribution < -0.4 is 5.32 Å². The zero-order valence-corrected chi connectivity index (χ0v) is 20.0. The number of ether oxygens (including phenoxy) is 2. The van der Waals surface area contributed by atoms with E-state index in [1.165, 1.54) is 4.68 Å². The summed E-state index contributed by atoms with van der Waals surface area (Å²) in [6.07, 6.45) is -1.48. The standard InChI is InChI=1S/C18H28ClN6O8P/c1-18(6-7-26,34(29,30)31)32-8-10-12(27)13(28)16(33-10)25-15-11(23-24-25)14(21-17(19)22-15)20-9-4-2-3-5-9/h9-10,12-13,16,26-28H,2-8H2,1H3,(H,20,21,22)(H2,29,30,31)/t10-,12-,13-,16-,18?/m1/s1. The Hall–Kier alpha value is -1.48. The molecule has 2 fully saturated rings. The molecule has 5 atom stereocenters. The van der Waals surface area contributed by atoms with Crippen LogP contribution in [0.2, 0.25) is 5.28 Å². The Morgan fingerprint density at radius 1 is 1.26 bits per heavy atom. The van der Waals surface area contributed by atoms with Gasteiger partial charge in [-0.05, 0) is 31.4 Å². The molecule has 1 unspecified atom stereocenters. The molecule has 0 amide bonds. The summed E-state index contributed by atoms with van der Waals surface area (Å²) in [6, 6.07) is 0.221. The molecule has 2 aromatic heterocycles. The Labute approximate surface area is 199 Å². The largest absolute Gasteiger partial charge is 0.396 e. The Kier molecular flexibility index (Phi) is 7.44. The first-order chi connectivity index (χ1) is 16.0. The van der Waals surface area contributed by atoms with E-state index in [9.17, 15) is 24.6 Å². The molecule has 16 heteroatoms. The summed E-state index contributed by atoms with van der Waals surface area (Å²) >= 11 is 6.11. The quantitative estimate of drug-likeness (QED) is 0.192. The van der Waals surface area contributed by atoms with Crippen LogP contribution in [0.3, 0.4) is 0 Å². The molecule has 1 saturated heterocycles. The number of rotatable bonds is 9. The van der Waals surface area contributed by atoms with Gasteiger partial charge in [0.05, 0.1) is 6.61 Å². The van der Waals surface area contributed by atoms with Gasteiger partial charge in [-0.25, -0.2) is 0 Å². The number of aliphatic hydroxyl groups excluding tert-OH is 3. The summed E-state index contributed by atoms with van der Waals surface area (Å²) in [5.74, 6) is 0.405. The van der Waals surface area contributed by atoms with Crippen LogP contribution in [0, 0.1) is 0 Å². The summed E-state index contributed by atoms with van der Waals surface area (Å²) in [5.41, 5.74) is 0.497. The third-order valence-corrected chi connectivity index (χ3v) is 8.08. The van der Waals surface area contributed by atoms with Crippen molar-refractivity contribution in [3.05, 3.63) is 5.28 Å². The number of hydrogen-bond donors (Lipinski definition) is 6. The predicted molar refractivity (Wildman–Crippen MR) is 118 cm³/mol. The highest BCUT2D eigenvalue weighted by atomic mass is 35.5. The molecule has 2 aromatic rings. The molecule has 1 aliphatic heterocycles. The van der Waals surface area contributed by atoms with Crippen molar-refractivity contribution < 1.29 is 39.1 Å². The van der Waals surface area contributed by atoms with E-state index in [4.69, 9.17) is 26.2 Å². The van der Waals surface area contributed by atoms with Crippen LogP contribution in [-0.2, 0) is 14.0 Å². The normalized spacial score (nSPS) is 28.0. The number of anilines is 1. The molecule has 0 radical (unpaired) electrons. The van der Waals surface area contributed by atoms with Gasteiger partial charge in [-0.3, -0.25) is 4.57 Å². The van der Waals surface area contributed by atoms with Gasteiger partial charge in [0, 0.05) is 19.1 Å². The SMILES string of the molecule is CC(CCO)(OC[C@H]1O[C@@H](n2nnc3c(NC4CCCC4)nc(Cl)nc32)[C@H](O)[C@@H]1O)P(=O)(O)O. The lowest BCUT2D eigenvalue weighted by molar-refractivity contribution is -0.0983. The van der Waals surface area contributed by atoms with E-state index < -0.39 is 50.7 Å². The number of nitrogens with zero attached hydrogens (tertiary/aromatic N) is 5. The lowest BCUT2D eigenvalue weighted by Gasteiger charge is -2.31. The zero-order chi connectivity index (χ0) is 24.7. The van der Waals surface area contributed by atoms with Gasteiger partial charge in [-0.2, -0.15) is 14.6 Å². The van der Waals surface area contributed by atoms with Gasteiger partial charge in [0.2, 0.25) is 5.28 Å². The number of aromatic nitrogens is 5. The second-order valence-electron chi connectivity index (χ2n) is 8.72. The third kappa shape index (κ3) is 4.92. The first-order valence-electron chi connectivity index (χ1n) is 10.9. The Morgan fingerprint density at radius 3 is 2.62 bits per heavy atom. The average Bonchev–Trinajstić information content (AvgIpc) is 3.48. The van der Waals surface area contributed by atoms with E-state index >= 15 is 0 Å². The first-order valence-corrected chi connectivity index (χ1v) is 12.9. The fourth-order valence-electron chi connectivity index (χ4n) is 4.18. The molecule has 190 valence electrons. The van der Waals surface area contributed by atoms with Crippen LogP contribution in [-0.4, -0.2) is 93.0 Å². The van der Waals surface area contributed by atoms with E-state index in [0.29, 0.717) is 11.3 Å². The smallest absolute Gasteiger partial charge is 0.356 e. The third-order valence-electron chi connectivity index (χ3n) is 6.32. The van der Waals surface area contributed by atoms with E-state index in [0.717, 1.165) is 32.6 Å². The average molecular weight is 523 g/mol. The minimum absolute atomic E-state index is 0.0640.